The number of hydrogen-bond acceptors (Lipinski definition) is 0. The molecule has 0 atom stereocenters. The molecule has 0 unspecified atom stereocenters. The zero-order valence-corrected chi connectivity index (χ0v) is 89.4. The number of aromatic nitrogens is 4. The molecule has 20 aromatic carbocycles. The summed E-state index contributed by atoms with van der Waals surface area (Å²) in [5.74, 6) is 0. The molecule has 0 spiro atoms. The molecule has 0 radical (unpaired) electrons. The second kappa shape index (κ2) is 60.7. The molecule has 0 aliphatic carbocycles. The molecule has 0 aliphatic heterocycles. The van der Waals surface area contributed by atoms with Gasteiger partial charge in [-0.05, 0) is 113 Å². The number of hydrogen-bond donors (Lipinski definition) is 0. The van der Waals surface area contributed by atoms with Crippen LogP contribution in [0.3, 0.4) is 0 Å². The quantitative estimate of drug-likeness (QED) is 0.137. The van der Waals surface area contributed by atoms with Crippen molar-refractivity contribution < 1.29 is 76.7 Å². The van der Waals surface area contributed by atoms with Crippen LogP contribution in [-0.4, -0.2) is 94.3 Å². The molecular weight excluding hydrogens is 1820 g/mol. The van der Waals surface area contributed by atoms with Crippen LogP contribution in [0.4, 0.5) is 0 Å². The van der Waals surface area contributed by atoms with E-state index in [4.69, 9.17) is 0 Å². The minimum atomic E-state index is 0. The molecule has 0 amide bonds. The maximum absolute atomic E-state index is 2.51. The Morgan fingerprint density at radius 1 is 0.0959 bits per heavy atom. The van der Waals surface area contributed by atoms with E-state index in [9.17, 15) is 0 Å². The number of benzene rings is 20. The smallest absolute Gasteiger partial charge is 0.0621 e. The highest BCUT2D eigenvalue weighted by molar-refractivity contribution is 6.33. The lowest BCUT2D eigenvalue weighted by Crippen LogP contribution is -1.84. The van der Waals surface area contributed by atoms with Crippen molar-refractivity contribution in [3.8, 4) is 0 Å². The third-order valence-electron chi connectivity index (χ3n) is 24.3. The van der Waals surface area contributed by atoms with E-state index in [-0.39, 0.29) is 76.7 Å². The summed E-state index contributed by atoms with van der Waals surface area (Å²) in [4.78, 5) is 0. The van der Waals surface area contributed by atoms with Gasteiger partial charge in [0.2, 0.25) is 0 Å². The SMILES string of the molecule is CC.CC.CC.CC.CC.CC.CC.CC.CC.CC.CC.CC.O.O.O.O.O.O.O.O.O.O.O.O.O.O.c1ccc2c(c1)ccc1c3cccc4c5ccc6ccccc6c5n(c21)c34.c1ccc2c(c1)ccc1c3cccc4c5ccc6ccccc6c5n(c21)c34.c1ccc2cc3c(cc2c1)c1cccc2c4cc5ccccc5cc4n3c12.c1ccc2cc3c(cc2c1)c1cccc2c4cc5ccccc5cc4n3c12. The van der Waals surface area contributed by atoms with Crippen LogP contribution < -0.4 is 0 Å². The molecular formula is C128H160N4O14. The predicted octanol–water partition coefficient (Wildman–Crippen LogP) is 29.3. The summed E-state index contributed by atoms with van der Waals surface area (Å²) in [6, 6.07) is 133. The van der Waals surface area contributed by atoms with E-state index in [2.05, 4.69) is 382 Å². The first kappa shape index (κ1) is 133. The summed E-state index contributed by atoms with van der Waals surface area (Å²) < 4.78 is 9.96. The molecule has 0 saturated heterocycles. The van der Waals surface area contributed by atoms with Crippen molar-refractivity contribution in [2.45, 2.75) is 166 Å². The van der Waals surface area contributed by atoms with Gasteiger partial charge in [0.15, 0.2) is 0 Å². The zero-order chi connectivity index (χ0) is 94.1. The molecule has 0 aliphatic rings. The molecule has 18 heteroatoms. The van der Waals surface area contributed by atoms with E-state index in [0.29, 0.717) is 0 Å². The minimum Gasteiger partial charge on any atom is -0.412 e. The van der Waals surface area contributed by atoms with Crippen LogP contribution in [0.25, 0.3) is 239 Å². The third-order valence-corrected chi connectivity index (χ3v) is 24.3. The van der Waals surface area contributed by atoms with Gasteiger partial charge in [-0.1, -0.05) is 482 Å². The van der Waals surface area contributed by atoms with Gasteiger partial charge in [0.05, 0.1) is 66.2 Å². The molecule has 28 N–H and O–H groups in total. The highest BCUT2D eigenvalue weighted by Gasteiger charge is 2.25. The van der Waals surface area contributed by atoms with Gasteiger partial charge in [0, 0.05) is 108 Å². The maximum Gasteiger partial charge on any atom is 0.0621 e. The zero-order valence-electron chi connectivity index (χ0n) is 89.4. The van der Waals surface area contributed by atoms with Gasteiger partial charge in [-0.3, -0.25) is 0 Å². The van der Waals surface area contributed by atoms with Crippen LogP contribution in [0.2, 0.25) is 0 Å². The second-order valence-corrected chi connectivity index (χ2v) is 29.7. The normalized spacial score (nSPS) is 9.70. The molecule has 0 fully saturated rings. The van der Waals surface area contributed by atoms with Gasteiger partial charge < -0.3 is 94.3 Å². The number of fused-ring (bicyclic) bond motifs is 36. The summed E-state index contributed by atoms with van der Waals surface area (Å²) in [6.07, 6.45) is 0. The lowest BCUT2D eigenvalue weighted by atomic mass is 10.0. The third kappa shape index (κ3) is 22.2. The Labute approximate surface area is 857 Å². The van der Waals surface area contributed by atoms with Gasteiger partial charge in [0.25, 0.3) is 0 Å². The minimum absolute atomic E-state index is 0. The van der Waals surface area contributed by atoms with Crippen LogP contribution in [0.1, 0.15) is 166 Å². The molecule has 18 nitrogen and oxygen atoms in total. The van der Waals surface area contributed by atoms with Crippen molar-refractivity contribution in [2.24, 2.45) is 0 Å². The number of nitrogens with zero attached hydrogens (tertiary/aromatic N) is 4. The van der Waals surface area contributed by atoms with Crippen molar-refractivity contribution in [3.05, 3.63) is 364 Å². The van der Waals surface area contributed by atoms with Gasteiger partial charge in [-0.15, -0.1) is 0 Å². The van der Waals surface area contributed by atoms with Crippen molar-refractivity contribution >= 4 is 239 Å². The second-order valence-electron chi connectivity index (χ2n) is 29.7. The first-order valence-corrected chi connectivity index (χ1v) is 49.5. The molecule has 28 rings (SSSR count). The highest BCUT2D eigenvalue weighted by Crippen LogP contribution is 2.48. The summed E-state index contributed by atoms with van der Waals surface area (Å²) in [6.45, 7) is 48.0. The fourth-order valence-electron chi connectivity index (χ4n) is 19.7. The Morgan fingerprint density at radius 3 is 0.384 bits per heavy atom. The monoisotopic (exact) mass is 1980 g/mol. The molecule has 28 aromatic rings. The highest BCUT2D eigenvalue weighted by atomic mass is 16.0. The summed E-state index contributed by atoms with van der Waals surface area (Å²) in [5, 5.41) is 42.2. The summed E-state index contributed by atoms with van der Waals surface area (Å²) >= 11 is 0. The van der Waals surface area contributed by atoms with E-state index in [1.807, 2.05) is 166 Å². The molecule has 776 valence electrons. The first-order valence-electron chi connectivity index (χ1n) is 49.5. The van der Waals surface area contributed by atoms with Crippen molar-refractivity contribution in [1.82, 2.24) is 17.6 Å². The number of para-hydroxylation sites is 4. The average Bonchev–Trinajstić information content (AvgIpc) is 1.52. The average molecular weight is 1980 g/mol. The van der Waals surface area contributed by atoms with Crippen molar-refractivity contribution in [2.75, 3.05) is 0 Å². The predicted molar refractivity (Wildman–Crippen MR) is 651 cm³/mol. The number of rotatable bonds is 0. The van der Waals surface area contributed by atoms with Crippen LogP contribution >= 0.6 is 0 Å². The Balaban J connectivity index is 0. The summed E-state index contributed by atoms with van der Waals surface area (Å²) in [5.41, 5.74) is 15.9. The lowest BCUT2D eigenvalue weighted by Gasteiger charge is -2.05. The molecule has 0 bridgehead atoms. The molecule has 8 aromatic heterocycles. The topological polar surface area (TPSA) is 459 Å². The van der Waals surface area contributed by atoms with E-state index in [1.165, 1.54) is 239 Å². The van der Waals surface area contributed by atoms with Crippen LogP contribution in [0, 0.1) is 0 Å². The van der Waals surface area contributed by atoms with Crippen molar-refractivity contribution in [1.29, 1.82) is 0 Å². The molecule has 8 heterocycles. The van der Waals surface area contributed by atoms with E-state index in [1.54, 1.807) is 0 Å². The largest absolute Gasteiger partial charge is 0.412 e. The standard InChI is InChI=1S/4C26H15N.12C2H6.14H2O/c2*1-3-8-18-14-24-22(12-16(18)6-1)20-10-5-11-21-23-13-17-7-2-4-9-19(17)15-25(23)27(24)26(20)21;2*1-3-8-18-16(6-1)12-14-22-20-10-5-11-21-23-15-13-17-7-2-4-9-19(17)25(23)27(24(18)22)26(20)21;12*1-2;;;;;;;;;;;;;;/h4*1-15H;12*1-2H3;14*1H2. The van der Waals surface area contributed by atoms with E-state index in [0.717, 1.165) is 0 Å². The van der Waals surface area contributed by atoms with E-state index < -0.39 is 0 Å². The van der Waals surface area contributed by atoms with Crippen LogP contribution in [-0.2, 0) is 0 Å². The Morgan fingerprint density at radius 2 is 0.212 bits per heavy atom. The fraction of sp³-hybridized carbons (Fsp3) is 0.188. The van der Waals surface area contributed by atoms with E-state index >= 15 is 0 Å². The van der Waals surface area contributed by atoms with Gasteiger partial charge >= 0.3 is 0 Å². The Hall–Kier alpha value is -14.9. The molecule has 146 heavy (non-hydrogen) atoms. The first-order chi connectivity index (χ1) is 65.6. The van der Waals surface area contributed by atoms with Gasteiger partial charge in [-0.2, -0.15) is 0 Å². The lowest BCUT2D eigenvalue weighted by molar-refractivity contribution is 0.823. The van der Waals surface area contributed by atoms with Gasteiger partial charge in [0.1, 0.15) is 0 Å². The Bertz CT molecular complexity index is 7780. The van der Waals surface area contributed by atoms with Crippen molar-refractivity contribution in [3.63, 3.8) is 0 Å². The maximum atomic E-state index is 2.51. The van der Waals surface area contributed by atoms with Crippen LogP contribution in [0.5, 0.6) is 0 Å². The van der Waals surface area contributed by atoms with Crippen LogP contribution in [0.15, 0.2) is 364 Å². The van der Waals surface area contributed by atoms with Gasteiger partial charge in [-0.25, -0.2) is 0 Å². The Kier molecular flexibility index (Phi) is 55.3. The fourth-order valence-corrected chi connectivity index (χ4v) is 19.7. The summed E-state index contributed by atoms with van der Waals surface area (Å²) in [7, 11) is 0. The molecule has 0 saturated carbocycles.